The van der Waals surface area contributed by atoms with E-state index in [-0.39, 0.29) is 0 Å². The van der Waals surface area contributed by atoms with Crippen molar-refractivity contribution >= 4 is 21.4 Å². The number of sulfonamides is 1. The molecule has 2 aromatic heterocycles. The van der Waals surface area contributed by atoms with Crippen LogP contribution in [0.2, 0.25) is 0 Å². The van der Waals surface area contributed by atoms with Crippen LogP contribution < -0.4 is 0 Å². The van der Waals surface area contributed by atoms with E-state index in [1.807, 2.05) is 6.07 Å². The van der Waals surface area contributed by atoms with Crippen molar-refractivity contribution in [2.45, 2.75) is 61.7 Å². The number of nitrogens with zero attached hydrogens (tertiary/aromatic N) is 3. The molecule has 0 aliphatic carbocycles. The molecule has 5 rings (SSSR count). The van der Waals surface area contributed by atoms with E-state index in [2.05, 4.69) is 17.0 Å². The molecule has 2 bridgehead atoms. The van der Waals surface area contributed by atoms with E-state index in [0.717, 1.165) is 11.3 Å². The summed E-state index contributed by atoms with van der Waals surface area (Å²) in [5.74, 6) is 1.53. The zero-order valence-corrected chi connectivity index (χ0v) is 18.5. The van der Waals surface area contributed by atoms with Gasteiger partial charge in [-0.25, -0.2) is 8.42 Å². The van der Waals surface area contributed by atoms with E-state index < -0.39 is 10.0 Å². The maximum atomic E-state index is 13.5. The standard InChI is InChI=1S/C21H29N3O3S2/c1-2-5-17-15-12-16(18-6-3-4-11-24(17)18)14-23(13-15)29(25,26)21-8-7-20(28-21)19-9-10-22-27-19/h7-10,15-18H,2-6,11-14H2,1H3/t15-,16+,17-,18-/m0/s1. The van der Waals surface area contributed by atoms with Gasteiger partial charge in [-0.1, -0.05) is 24.9 Å². The minimum Gasteiger partial charge on any atom is -0.355 e. The Hall–Kier alpha value is -1.22. The summed E-state index contributed by atoms with van der Waals surface area (Å²) in [6.45, 7) is 4.76. The quantitative estimate of drug-likeness (QED) is 0.708. The van der Waals surface area contributed by atoms with Crippen molar-refractivity contribution in [2.75, 3.05) is 19.6 Å². The highest BCUT2D eigenvalue weighted by atomic mass is 32.2. The number of hydrogen-bond acceptors (Lipinski definition) is 6. The largest absolute Gasteiger partial charge is 0.355 e. The molecule has 3 aliphatic heterocycles. The van der Waals surface area contributed by atoms with Crippen LogP contribution in [0, 0.1) is 11.8 Å². The summed E-state index contributed by atoms with van der Waals surface area (Å²) in [6.07, 6.45) is 8.89. The molecule has 0 spiro atoms. The topological polar surface area (TPSA) is 66.7 Å². The van der Waals surface area contributed by atoms with Gasteiger partial charge in [-0.2, -0.15) is 4.31 Å². The Morgan fingerprint density at radius 2 is 2.07 bits per heavy atom. The van der Waals surface area contributed by atoms with E-state index in [4.69, 9.17) is 4.52 Å². The monoisotopic (exact) mass is 435 g/mol. The first-order valence-corrected chi connectivity index (χ1v) is 13.1. The molecular weight excluding hydrogens is 406 g/mol. The molecular formula is C21H29N3O3S2. The van der Waals surface area contributed by atoms with E-state index >= 15 is 0 Å². The van der Waals surface area contributed by atoms with Crippen LogP contribution in [-0.2, 0) is 10.0 Å². The van der Waals surface area contributed by atoms with Crippen LogP contribution in [-0.4, -0.2) is 54.5 Å². The zero-order valence-electron chi connectivity index (χ0n) is 16.9. The number of hydrogen-bond donors (Lipinski definition) is 0. The van der Waals surface area contributed by atoms with Crippen LogP contribution in [0.4, 0.5) is 0 Å². The van der Waals surface area contributed by atoms with Crippen LogP contribution in [0.25, 0.3) is 10.6 Å². The highest BCUT2D eigenvalue weighted by Gasteiger charge is 2.49. The van der Waals surface area contributed by atoms with Crippen LogP contribution in [0.15, 0.2) is 33.1 Å². The molecule has 158 valence electrons. The lowest BCUT2D eigenvalue weighted by Crippen LogP contribution is -2.63. The molecule has 0 aromatic carbocycles. The van der Waals surface area contributed by atoms with Gasteiger partial charge in [0, 0.05) is 31.2 Å². The van der Waals surface area contributed by atoms with Gasteiger partial charge >= 0.3 is 0 Å². The van der Waals surface area contributed by atoms with Crippen molar-refractivity contribution in [2.24, 2.45) is 11.8 Å². The Labute approximate surface area is 176 Å². The lowest BCUT2D eigenvalue weighted by atomic mass is 9.72. The Balaban J connectivity index is 1.42. The summed E-state index contributed by atoms with van der Waals surface area (Å²) < 4.78 is 34.4. The summed E-state index contributed by atoms with van der Waals surface area (Å²) in [5, 5.41) is 3.73. The first kappa shape index (κ1) is 19.7. The molecule has 3 fully saturated rings. The van der Waals surface area contributed by atoms with Crippen molar-refractivity contribution in [1.29, 1.82) is 0 Å². The smallest absolute Gasteiger partial charge is 0.252 e. The van der Waals surface area contributed by atoms with E-state index in [9.17, 15) is 8.42 Å². The van der Waals surface area contributed by atoms with Crippen molar-refractivity contribution in [3.05, 3.63) is 24.4 Å². The van der Waals surface area contributed by atoms with Gasteiger partial charge in [-0.3, -0.25) is 4.90 Å². The molecule has 2 aromatic rings. The Morgan fingerprint density at radius 3 is 2.86 bits per heavy atom. The van der Waals surface area contributed by atoms with Gasteiger partial charge in [0.15, 0.2) is 5.76 Å². The highest BCUT2D eigenvalue weighted by molar-refractivity contribution is 7.91. The maximum absolute atomic E-state index is 13.5. The summed E-state index contributed by atoms with van der Waals surface area (Å²) in [6, 6.07) is 6.40. The molecule has 0 saturated carbocycles. The Bertz CT molecular complexity index is 940. The van der Waals surface area contributed by atoms with Crippen molar-refractivity contribution < 1.29 is 12.9 Å². The SMILES string of the molecule is CCC[C@H]1[C@H]2C[C@H](CN(S(=O)(=O)c3ccc(-c4ccno4)s3)C2)[C@@H]2CCCCN21. The van der Waals surface area contributed by atoms with Gasteiger partial charge in [-0.05, 0) is 56.2 Å². The second-order valence-electron chi connectivity index (χ2n) is 8.73. The van der Waals surface area contributed by atoms with Crippen molar-refractivity contribution in [1.82, 2.24) is 14.4 Å². The van der Waals surface area contributed by atoms with Crippen LogP contribution in [0.3, 0.4) is 0 Å². The molecule has 29 heavy (non-hydrogen) atoms. The molecule has 8 heteroatoms. The van der Waals surface area contributed by atoms with Gasteiger partial charge < -0.3 is 4.52 Å². The van der Waals surface area contributed by atoms with Gasteiger partial charge in [-0.15, -0.1) is 11.3 Å². The molecule has 4 atom stereocenters. The molecule has 0 unspecified atom stereocenters. The third kappa shape index (κ3) is 3.48. The third-order valence-electron chi connectivity index (χ3n) is 7.03. The molecule has 5 heterocycles. The lowest BCUT2D eigenvalue weighted by molar-refractivity contribution is -0.0581. The molecule has 6 nitrogen and oxygen atoms in total. The van der Waals surface area contributed by atoms with E-state index in [0.29, 0.717) is 47.0 Å². The number of fused-ring (bicyclic) bond motifs is 4. The van der Waals surface area contributed by atoms with Gasteiger partial charge in [0.05, 0.1) is 11.1 Å². The van der Waals surface area contributed by atoms with E-state index in [1.54, 1.807) is 22.6 Å². The fourth-order valence-corrected chi connectivity index (χ4v) is 8.79. The first-order chi connectivity index (χ1) is 14.1. The number of aromatic nitrogens is 1. The third-order valence-corrected chi connectivity index (χ3v) is 10.4. The molecule has 3 saturated heterocycles. The summed E-state index contributed by atoms with van der Waals surface area (Å²) in [4.78, 5) is 3.56. The van der Waals surface area contributed by atoms with Crippen LogP contribution in [0.5, 0.6) is 0 Å². The summed E-state index contributed by atoms with van der Waals surface area (Å²) >= 11 is 1.28. The fourth-order valence-electron chi connectivity index (χ4n) is 5.82. The maximum Gasteiger partial charge on any atom is 0.252 e. The average Bonchev–Trinajstić information content (AvgIpc) is 3.43. The molecule has 0 radical (unpaired) electrons. The van der Waals surface area contributed by atoms with Crippen molar-refractivity contribution in [3.8, 4) is 10.6 Å². The predicted octanol–water partition coefficient (Wildman–Crippen LogP) is 4.07. The van der Waals surface area contributed by atoms with Gasteiger partial charge in [0.1, 0.15) is 4.21 Å². The number of rotatable bonds is 5. The molecule has 0 N–H and O–H groups in total. The predicted molar refractivity (Wildman–Crippen MR) is 113 cm³/mol. The van der Waals surface area contributed by atoms with Crippen molar-refractivity contribution in [3.63, 3.8) is 0 Å². The minimum atomic E-state index is -3.48. The zero-order chi connectivity index (χ0) is 20.0. The summed E-state index contributed by atoms with van der Waals surface area (Å²) in [5.41, 5.74) is 0. The average molecular weight is 436 g/mol. The Kier molecular flexibility index (Phi) is 5.30. The lowest BCUT2D eigenvalue weighted by Gasteiger charge is -2.56. The number of thiophene rings is 1. The van der Waals surface area contributed by atoms with Gasteiger partial charge in [0.2, 0.25) is 0 Å². The normalized spacial score (nSPS) is 30.9. The second-order valence-corrected chi connectivity index (χ2v) is 12.0. The number of piperidine rings is 3. The Morgan fingerprint density at radius 1 is 1.21 bits per heavy atom. The van der Waals surface area contributed by atoms with Gasteiger partial charge in [0.25, 0.3) is 10.0 Å². The first-order valence-electron chi connectivity index (χ1n) is 10.8. The van der Waals surface area contributed by atoms with E-state index in [1.165, 1.54) is 50.0 Å². The second kappa shape index (κ2) is 7.80. The minimum absolute atomic E-state index is 0.413. The summed E-state index contributed by atoms with van der Waals surface area (Å²) in [7, 11) is -3.48. The van der Waals surface area contributed by atoms with Crippen LogP contribution >= 0.6 is 11.3 Å². The van der Waals surface area contributed by atoms with Crippen LogP contribution in [0.1, 0.15) is 45.4 Å². The fraction of sp³-hybridized carbons (Fsp3) is 0.667. The molecule has 3 aliphatic rings. The highest BCUT2D eigenvalue weighted by Crippen LogP contribution is 2.44. The molecule has 0 amide bonds.